The predicted molar refractivity (Wildman–Crippen MR) is 98.4 cm³/mol. The number of nitrogens with zero attached hydrogens (tertiary/aromatic N) is 3. The average Bonchev–Trinajstić information content (AvgIpc) is 2.63. The van der Waals surface area contributed by atoms with Crippen molar-refractivity contribution in [1.82, 2.24) is 15.1 Å². The van der Waals surface area contributed by atoms with E-state index in [1.54, 1.807) is 23.1 Å². The number of rotatable bonds is 4. The van der Waals surface area contributed by atoms with Gasteiger partial charge in [-0.15, -0.1) is 10.2 Å². The van der Waals surface area contributed by atoms with Gasteiger partial charge in [-0.2, -0.15) is 0 Å². The third kappa shape index (κ3) is 4.34. The molecule has 1 aliphatic heterocycles. The van der Waals surface area contributed by atoms with Gasteiger partial charge in [0.15, 0.2) is 5.69 Å². The molecule has 1 aromatic heterocycles. The van der Waals surface area contributed by atoms with Crippen LogP contribution in [-0.2, 0) is 4.79 Å². The Morgan fingerprint density at radius 2 is 1.96 bits per heavy atom. The number of aliphatic carboxylic acids is 1. The number of likely N-dealkylation sites (tertiary alicyclic amines) is 1. The van der Waals surface area contributed by atoms with Crippen molar-refractivity contribution in [3.8, 4) is 0 Å². The van der Waals surface area contributed by atoms with Gasteiger partial charge in [-0.3, -0.25) is 9.59 Å². The van der Waals surface area contributed by atoms with Gasteiger partial charge in [0.2, 0.25) is 0 Å². The largest absolute Gasteiger partial charge is 0.481 e. The summed E-state index contributed by atoms with van der Waals surface area (Å²) in [7, 11) is 0. The molecular weight excluding hydrogens is 374 g/mol. The number of carboxylic acids is 1. The Morgan fingerprint density at radius 1 is 1.19 bits per heavy atom. The van der Waals surface area contributed by atoms with Crippen LogP contribution in [0, 0.1) is 11.8 Å². The molecule has 2 aromatic rings. The van der Waals surface area contributed by atoms with Gasteiger partial charge >= 0.3 is 5.97 Å². The fraction of sp³-hybridized carbons (Fsp3) is 0.333. The van der Waals surface area contributed by atoms with Crippen molar-refractivity contribution >= 4 is 35.2 Å². The van der Waals surface area contributed by atoms with Crippen LogP contribution in [-0.4, -0.2) is 45.2 Å². The Bertz CT molecular complexity index is 816. The zero-order chi connectivity index (χ0) is 18.7. The molecule has 1 aliphatic rings. The highest BCUT2D eigenvalue weighted by atomic mass is 35.5. The standard InChI is InChI=1S/C18H18ClN3O3S/c1-11-8-12(18(24)25)10-22(9-11)17(23)14-6-7-16(21-20-14)26-15-5-3-2-4-13(15)19/h2-7,11-12H,8-10H2,1H3,(H,24,25). The first kappa shape index (κ1) is 18.7. The molecule has 0 saturated carbocycles. The molecule has 6 nitrogen and oxygen atoms in total. The van der Waals surface area contributed by atoms with Gasteiger partial charge in [0.1, 0.15) is 5.03 Å². The maximum absolute atomic E-state index is 12.6. The highest BCUT2D eigenvalue weighted by Gasteiger charge is 2.32. The molecule has 136 valence electrons. The summed E-state index contributed by atoms with van der Waals surface area (Å²) in [6.07, 6.45) is 0.582. The Morgan fingerprint density at radius 3 is 2.62 bits per heavy atom. The summed E-state index contributed by atoms with van der Waals surface area (Å²) in [4.78, 5) is 26.3. The van der Waals surface area contributed by atoms with E-state index in [4.69, 9.17) is 11.6 Å². The fourth-order valence-electron chi connectivity index (χ4n) is 2.99. The van der Waals surface area contributed by atoms with Crippen LogP contribution in [0.25, 0.3) is 0 Å². The number of hydrogen-bond donors (Lipinski definition) is 1. The Kier molecular flexibility index (Phi) is 5.78. The normalized spacial score (nSPS) is 20.0. The van der Waals surface area contributed by atoms with Gasteiger partial charge in [-0.1, -0.05) is 42.4 Å². The molecule has 8 heteroatoms. The predicted octanol–water partition coefficient (Wildman–Crippen LogP) is 3.46. The van der Waals surface area contributed by atoms with Gasteiger partial charge in [-0.05, 0) is 36.6 Å². The molecule has 0 bridgehead atoms. The molecular formula is C18H18ClN3O3S. The van der Waals surface area contributed by atoms with Gasteiger partial charge in [0.25, 0.3) is 5.91 Å². The first-order chi connectivity index (χ1) is 12.4. The van der Waals surface area contributed by atoms with E-state index < -0.39 is 11.9 Å². The third-order valence-electron chi connectivity index (χ3n) is 4.21. The molecule has 1 aromatic carbocycles. The minimum absolute atomic E-state index is 0.136. The highest BCUT2D eigenvalue weighted by Crippen LogP contribution is 2.31. The van der Waals surface area contributed by atoms with Gasteiger partial charge in [0, 0.05) is 18.0 Å². The van der Waals surface area contributed by atoms with Crippen LogP contribution < -0.4 is 0 Å². The lowest BCUT2D eigenvalue weighted by Gasteiger charge is -2.34. The lowest BCUT2D eigenvalue weighted by molar-refractivity contribution is -0.143. The maximum atomic E-state index is 12.6. The summed E-state index contributed by atoms with van der Waals surface area (Å²) in [6.45, 7) is 2.68. The van der Waals surface area contributed by atoms with E-state index in [1.165, 1.54) is 11.8 Å². The number of benzene rings is 1. The second-order valence-corrected chi connectivity index (χ2v) is 7.84. The zero-order valence-electron chi connectivity index (χ0n) is 14.1. The van der Waals surface area contributed by atoms with Gasteiger partial charge in [-0.25, -0.2) is 0 Å². The van der Waals surface area contributed by atoms with Gasteiger partial charge < -0.3 is 10.0 Å². The van der Waals surface area contributed by atoms with E-state index in [9.17, 15) is 14.7 Å². The summed E-state index contributed by atoms with van der Waals surface area (Å²) in [5.41, 5.74) is 0.215. The SMILES string of the molecule is CC1CC(C(=O)O)CN(C(=O)c2ccc(Sc3ccccc3Cl)nn2)C1. The van der Waals surface area contributed by atoms with E-state index in [2.05, 4.69) is 10.2 Å². The van der Waals surface area contributed by atoms with Crippen molar-refractivity contribution in [2.45, 2.75) is 23.3 Å². The van der Waals surface area contributed by atoms with E-state index in [0.29, 0.717) is 23.0 Å². The lowest BCUT2D eigenvalue weighted by Crippen LogP contribution is -2.45. The van der Waals surface area contributed by atoms with Crippen molar-refractivity contribution < 1.29 is 14.7 Å². The Labute approximate surface area is 160 Å². The smallest absolute Gasteiger partial charge is 0.308 e. The molecule has 2 unspecified atom stereocenters. The van der Waals surface area contributed by atoms with Crippen LogP contribution in [0.3, 0.4) is 0 Å². The van der Waals surface area contributed by atoms with Crippen LogP contribution in [0.5, 0.6) is 0 Å². The number of hydrogen-bond acceptors (Lipinski definition) is 5. The third-order valence-corrected chi connectivity index (χ3v) is 5.65. The van der Waals surface area contributed by atoms with Crippen molar-refractivity contribution in [3.63, 3.8) is 0 Å². The number of carbonyl (C=O) groups excluding carboxylic acids is 1. The number of piperidine rings is 1. The number of halogens is 1. The molecule has 1 amide bonds. The van der Waals surface area contributed by atoms with E-state index in [0.717, 1.165) is 4.90 Å². The summed E-state index contributed by atoms with van der Waals surface area (Å²) in [5, 5.41) is 18.6. The van der Waals surface area contributed by atoms with E-state index >= 15 is 0 Å². The quantitative estimate of drug-likeness (QED) is 0.859. The molecule has 0 spiro atoms. The van der Waals surface area contributed by atoms with Crippen LogP contribution in [0.15, 0.2) is 46.3 Å². The molecule has 2 atom stereocenters. The van der Waals surface area contributed by atoms with E-state index in [1.807, 2.05) is 25.1 Å². The average molecular weight is 392 g/mol. The summed E-state index contributed by atoms with van der Waals surface area (Å²) in [5.74, 6) is -1.56. The first-order valence-electron chi connectivity index (χ1n) is 8.22. The van der Waals surface area contributed by atoms with Crippen molar-refractivity contribution in [2.24, 2.45) is 11.8 Å². The topological polar surface area (TPSA) is 83.4 Å². The van der Waals surface area contributed by atoms with Gasteiger partial charge in [0.05, 0.1) is 10.9 Å². The molecule has 1 fully saturated rings. The summed E-state index contributed by atoms with van der Waals surface area (Å²) < 4.78 is 0. The molecule has 26 heavy (non-hydrogen) atoms. The molecule has 0 radical (unpaired) electrons. The van der Waals surface area contributed by atoms with E-state index in [-0.39, 0.29) is 24.1 Å². The van der Waals surface area contributed by atoms with Crippen LogP contribution in [0.4, 0.5) is 0 Å². The molecule has 3 rings (SSSR count). The van der Waals surface area contributed by atoms with Crippen LogP contribution in [0.2, 0.25) is 5.02 Å². The first-order valence-corrected chi connectivity index (χ1v) is 9.41. The maximum Gasteiger partial charge on any atom is 0.308 e. The second kappa shape index (κ2) is 8.05. The molecule has 0 aliphatic carbocycles. The Hall–Kier alpha value is -2.12. The van der Waals surface area contributed by atoms with Crippen molar-refractivity contribution in [3.05, 3.63) is 47.1 Å². The second-order valence-electron chi connectivity index (χ2n) is 6.38. The van der Waals surface area contributed by atoms with Crippen LogP contribution in [0.1, 0.15) is 23.8 Å². The number of aromatic nitrogens is 2. The highest BCUT2D eigenvalue weighted by molar-refractivity contribution is 7.99. The minimum atomic E-state index is -0.869. The monoisotopic (exact) mass is 391 g/mol. The fourth-order valence-corrected chi connectivity index (χ4v) is 3.99. The minimum Gasteiger partial charge on any atom is -0.481 e. The molecule has 1 N–H and O–H groups in total. The zero-order valence-corrected chi connectivity index (χ0v) is 15.7. The van der Waals surface area contributed by atoms with Crippen LogP contribution >= 0.6 is 23.4 Å². The number of carbonyl (C=O) groups is 2. The molecule has 1 saturated heterocycles. The molecule has 2 heterocycles. The Balaban J connectivity index is 1.70. The number of carboxylic acid groups (broad SMARTS) is 1. The lowest BCUT2D eigenvalue weighted by atomic mass is 9.90. The summed E-state index contributed by atoms with van der Waals surface area (Å²) in [6, 6.07) is 10.8. The number of amides is 1. The summed E-state index contributed by atoms with van der Waals surface area (Å²) >= 11 is 7.50. The van der Waals surface area contributed by atoms with Crippen molar-refractivity contribution in [1.29, 1.82) is 0 Å². The van der Waals surface area contributed by atoms with Crippen molar-refractivity contribution in [2.75, 3.05) is 13.1 Å².